The maximum atomic E-state index is 6.08. The molecule has 0 bridgehead atoms. The number of halogens is 1. The number of methoxy groups -OCH3 is 1. The molecule has 0 spiro atoms. The van der Waals surface area contributed by atoms with Gasteiger partial charge in [0.15, 0.2) is 0 Å². The molecule has 0 atom stereocenters. The van der Waals surface area contributed by atoms with E-state index in [0.29, 0.717) is 12.5 Å². The first-order valence-electron chi connectivity index (χ1n) is 7.51. The van der Waals surface area contributed by atoms with E-state index in [9.17, 15) is 0 Å². The van der Waals surface area contributed by atoms with Crippen LogP contribution in [0.25, 0.3) is 0 Å². The summed E-state index contributed by atoms with van der Waals surface area (Å²) in [5.74, 6) is 1.51. The molecule has 0 amide bonds. The normalized spacial score (nSPS) is 12.0. The van der Waals surface area contributed by atoms with E-state index in [0.717, 1.165) is 35.8 Å². The van der Waals surface area contributed by atoms with Gasteiger partial charge >= 0.3 is 0 Å². The van der Waals surface area contributed by atoms with E-state index >= 15 is 0 Å². The van der Waals surface area contributed by atoms with E-state index in [2.05, 4.69) is 33.0 Å². The fourth-order valence-electron chi connectivity index (χ4n) is 1.83. The summed E-state index contributed by atoms with van der Waals surface area (Å²) in [6.45, 7) is 10.9. The third kappa shape index (κ3) is 7.16. The molecule has 1 aromatic carbocycles. The molecule has 0 heterocycles. The van der Waals surface area contributed by atoms with Crippen LogP contribution < -0.4 is 10.1 Å². The molecule has 0 aliphatic carbocycles. The van der Waals surface area contributed by atoms with E-state index in [4.69, 9.17) is 21.1 Å². The topological polar surface area (TPSA) is 30.5 Å². The molecule has 0 radical (unpaired) electrons. The minimum atomic E-state index is -0.164. The van der Waals surface area contributed by atoms with Crippen molar-refractivity contribution in [3.8, 4) is 5.75 Å². The van der Waals surface area contributed by atoms with Gasteiger partial charge in [-0.25, -0.2) is 0 Å². The van der Waals surface area contributed by atoms with Crippen molar-refractivity contribution in [2.24, 2.45) is 5.92 Å². The van der Waals surface area contributed by atoms with Crippen molar-refractivity contribution in [3.05, 3.63) is 28.8 Å². The molecule has 0 aliphatic heterocycles. The second kappa shape index (κ2) is 8.62. The Balaban J connectivity index is 2.60. The Hall–Kier alpha value is -0.770. The standard InChI is InChI=1S/C17H28ClNO2/c1-13(2)11-19-12-14-10-15(18)6-7-16(14)21-9-8-17(3,4)20-5/h6-7,10,13,19H,8-9,11-12H2,1-5H3. The first-order chi connectivity index (χ1) is 9.84. The van der Waals surface area contributed by atoms with Gasteiger partial charge in [0, 0.05) is 30.7 Å². The first kappa shape index (κ1) is 18.3. The van der Waals surface area contributed by atoms with Crippen LogP contribution in [0.1, 0.15) is 39.7 Å². The molecule has 0 aromatic heterocycles. The highest BCUT2D eigenvalue weighted by Gasteiger charge is 2.16. The van der Waals surface area contributed by atoms with Gasteiger partial charge in [-0.05, 0) is 44.5 Å². The summed E-state index contributed by atoms with van der Waals surface area (Å²) in [5, 5.41) is 4.16. The van der Waals surface area contributed by atoms with Crippen molar-refractivity contribution in [3.63, 3.8) is 0 Å². The molecule has 0 saturated carbocycles. The van der Waals surface area contributed by atoms with Crippen LogP contribution in [0, 0.1) is 5.92 Å². The quantitative estimate of drug-likeness (QED) is 0.738. The monoisotopic (exact) mass is 313 g/mol. The van der Waals surface area contributed by atoms with Crippen LogP contribution in [0.4, 0.5) is 0 Å². The largest absolute Gasteiger partial charge is 0.493 e. The molecule has 120 valence electrons. The fraction of sp³-hybridized carbons (Fsp3) is 0.647. The van der Waals surface area contributed by atoms with Gasteiger partial charge in [-0.3, -0.25) is 0 Å². The lowest BCUT2D eigenvalue weighted by atomic mass is 10.1. The van der Waals surface area contributed by atoms with Crippen molar-refractivity contribution in [2.75, 3.05) is 20.3 Å². The summed E-state index contributed by atoms with van der Waals surface area (Å²) in [6, 6.07) is 5.77. The Morgan fingerprint density at radius 3 is 2.62 bits per heavy atom. The summed E-state index contributed by atoms with van der Waals surface area (Å²) in [4.78, 5) is 0. The zero-order valence-corrected chi connectivity index (χ0v) is 14.6. The second-order valence-corrected chi connectivity index (χ2v) is 6.78. The second-order valence-electron chi connectivity index (χ2n) is 6.34. The van der Waals surface area contributed by atoms with Gasteiger partial charge in [-0.2, -0.15) is 0 Å². The number of hydrogen-bond donors (Lipinski definition) is 1. The Labute approximate surface area is 134 Å². The van der Waals surface area contributed by atoms with Crippen molar-refractivity contribution in [1.29, 1.82) is 0 Å². The summed E-state index contributed by atoms with van der Waals surface area (Å²) >= 11 is 6.08. The number of rotatable bonds is 9. The lowest BCUT2D eigenvalue weighted by Crippen LogP contribution is -2.25. The van der Waals surface area contributed by atoms with Crippen LogP contribution in [-0.4, -0.2) is 25.9 Å². The number of hydrogen-bond acceptors (Lipinski definition) is 3. The zero-order chi connectivity index (χ0) is 15.9. The molecule has 3 nitrogen and oxygen atoms in total. The third-order valence-electron chi connectivity index (χ3n) is 3.40. The lowest BCUT2D eigenvalue weighted by Gasteiger charge is -2.23. The molecule has 4 heteroatoms. The van der Waals surface area contributed by atoms with Crippen LogP contribution in [0.3, 0.4) is 0 Å². The number of benzene rings is 1. The molecular weight excluding hydrogens is 286 g/mol. The summed E-state index contributed by atoms with van der Waals surface area (Å²) in [5.41, 5.74) is 0.932. The maximum absolute atomic E-state index is 6.08. The highest BCUT2D eigenvalue weighted by atomic mass is 35.5. The molecule has 0 aliphatic rings. The molecule has 0 unspecified atom stereocenters. The van der Waals surface area contributed by atoms with Gasteiger partial charge in [0.05, 0.1) is 12.2 Å². The van der Waals surface area contributed by atoms with Crippen LogP contribution in [0.15, 0.2) is 18.2 Å². The lowest BCUT2D eigenvalue weighted by molar-refractivity contribution is 0.00537. The first-order valence-corrected chi connectivity index (χ1v) is 7.89. The molecule has 0 saturated heterocycles. The minimum Gasteiger partial charge on any atom is -0.493 e. The predicted octanol–water partition coefficient (Wildman–Crippen LogP) is 4.28. The van der Waals surface area contributed by atoms with Crippen molar-refractivity contribution in [1.82, 2.24) is 5.32 Å². The highest BCUT2D eigenvalue weighted by molar-refractivity contribution is 6.30. The van der Waals surface area contributed by atoms with Gasteiger partial charge in [-0.15, -0.1) is 0 Å². The zero-order valence-electron chi connectivity index (χ0n) is 13.8. The molecule has 1 aromatic rings. The van der Waals surface area contributed by atoms with Crippen LogP contribution >= 0.6 is 11.6 Å². The van der Waals surface area contributed by atoms with Gasteiger partial charge in [-0.1, -0.05) is 25.4 Å². The van der Waals surface area contributed by atoms with Gasteiger partial charge in [0.25, 0.3) is 0 Å². The summed E-state index contributed by atoms with van der Waals surface area (Å²) in [6.07, 6.45) is 0.838. The van der Waals surface area contributed by atoms with Crippen molar-refractivity contribution in [2.45, 2.75) is 46.3 Å². The molecule has 21 heavy (non-hydrogen) atoms. The molecule has 0 fully saturated rings. The van der Waals surface area contributed by atoms with E-state index < -0.39 is 0 Å². The average Bonchev–Trinajstić information content (AvgIpc) is 2.40. The predicted molar refractivity (Wildman–Crippen MR) is 89.2 cm³/mol. The van der Waals surface area contributed by atoms with Gasteiger partial charge < -0.3 is 14.8 Å². The SMILES string of the molecule is COC(C)(C)CCOc1ccc(Cl)cc1CNCC(C)C. The number of nitrogens with one attached hydrogen (secondary N) is 1. The minimum absolute atomic E-state index is 0.164. The molecular formula is C17H28ClNO2. The highest BCUT2D eigenvalue weighted by Crippen LogP contribution is 2.24. The van der Waals surface area contributed by atoms with Crippen LogP contribution in [-0.2, 0) is 11.3 Å². The fourth-order valence-corrected chi connectivity index (χ4v) is 2.03. The van der Waals surface area contributed by atoms with E-state index in [1.54, 1.807) is 7.11 Å². The Kier molecular flexibility index (Phi) is 7.50. The maximum Gasteiger partial charge on any atom is 0.123 e. The van der Waals surface area contributed by atoms with E-state index in [1.165, 1.54) is 0 Å². The summed E-state index contributed by atoms with van der Waals surface area (Å²) < 4.78 is 11.3. The van der Waals surface area contributed by atoms with E-state index in [-0.39, 0.29) is 5.60 Å². The van der Waals surface area contributed by atoms with Crippen LogP contribution in [0.2, 0.25) is 5.02 Å². The molecule has 1 N–H and O–H groups in total. The average molecular weight is 314 g/mol. The van der Waals surface area contributed by atoms with Crippen molar-refractivity contribution < 1.29 is 9.47 Å². The molecule has 1 rings (SSSR count). The smallest absolute Gasteiger partial charge is 0.123 e. The Morgan fingerprint density at radius 2 is 2.00 bits per heavy atom. The summed E-state index contributed by atoms with van der Waals surface area (Å²) in [7, 11) is 1.73. The van der Waals surface area contributed by atoms with E-state index in [1.807, 2.05) is 18.2 Å². The Morgan fingerprint density at radius 1 is 1.29 bits per heavy atom. The Bertz CT molecular complexity index is 433. The van der Waals surface area contributed by atoms with Crippen molar-refractivity contribution >= 4 is 11.6 Å². The van der Waals surface area contributed by atoms with Gasteiger partial charge in [0.2, 0.25) is 0 Å². The third-order valence-corrected chi connectivity index (χ3v) is 3.64. The number of ether oxygens (including phenoxy) is 2. The van der Waals surface area contributed by atoms with Crippen LogP contribution in [0.5, 0.6) is 5.75 Å². The van der Waals surface area contributed by atoms with Gasteiger partial charge in [0.1, 0.15) is 5.75 Å².